The van der Waals surface area contributed by atoms with Crippen molar-refractivity contribution in [2.45, 2.75) is 38.4 Å². The van der Waals surface area contributed by atoms with Crippen molar-refractivity contribution >= 4 is 51.6 Å². The normalized spacial score (nSPS) is 12.1. The summed E-state index contributed by atoms with van der Waals surface area (Å²) >= 11 is 8.84. The second kappa shape index (κ2) is 10.9. The van der Waals surface area contributed by atoms with Gasteiger partial charge in [-0.2, -0.15) is 0 Å². The van der Waals surface area contributed by atoms with E-state index < -0.39 is 0 Å². The van der Waals surface area contributed by atoms with E-state index in [0.29, 0.717) is 39.0 Å². The summed E-state index contributed by atoms with van der Waals surface area (Å²) in [7, 11) is 1.83. The van der Waals surface area contributed by atoms with Gasteiger partial charge in [0.2, 0.25) is 5.91 Å². The summed E-state index contributed by atoms with van der Waals surface area (Å²) in [6, 6.07) is 6.57. The molecule has 1 aromatic carbocycles. The molecule has 0 bridgehead atoms. The van der Waals surface area contributed by atoms with Gasteiger partial charge in [-0.15, -0.1) is 21.5 Å². The fraction of sp³-hybridized carbons (Fsp3) is 0.381. The first kappa shape index (κ1) is 24.2. The molecule has 0 unspecified atom stereocenters. The molecule has 2 aromatic heterocycles. The number of rotatable bonds is 9. The number of nitrogens with one attached hydrogen (secondary N) is 2. The minimum atomic E-state index is -0.349. The molecule has 3 aromatic rings. The van der Waals surface area contributed by atoms with Gasteiger partial charge in [0.1, 0.15) is 0 Å². The lowest BCUT2D eigenvalue weighted by Crippen LogP contribution is -2.31. The van der Waals surface area contributed by atoms with Gasteiger partial charge in [-0.25, -0.2) is 4.98 Å². The number of nitrogens with zero attached hydrogens (tertiary/aromatic N) is 4. The maximum atomic E-state index is 12.8. The summed E-state index contributed by atoms with van der Waals surface area (Å²) in [4.78, 5) is 29.3. The Morgan fingerprint density at radius 2 is 2.00 bits per heavy atom. The Hall–Kier alpha value is -2.43. The van der Waals surface area contributed by atoms with Crippen molar-refractivity contribution < 1.29 is 9.59 Å². The monoisotopic (exact) mass is 492 g/mol. The van der Waals surface area contributed by atoms with Crippen LogP contribution in [0.25, 0.3) is 0 Å². The summed E-state index contributed by atoms with van der Waals surface area (Å²) in [6.07, 6.45) is 0.677. The van der Waals surface area contributed by atoms with Crippen molar-refractivity contribution in [2.75, 3.05) is 11.1 Å². The molecule has 2 amide bonds. The molecule has 0 radical (unpaired) electrons. The largest absolute Gasteiger partial charge is 0.342 e. The molecule has 2 N–H and O–H groups in total. The fourth-order valence-corrected chi connectivity index (χ4v) is 4.68. The molecule has 0 saturated heterocycles. The SMILES string of the molecule is Cc1csc(NC(=O)CSc2nnc([C@H](CC(C)C)NC(=O)c3ccccc3Cl)n2C)n1. The number of thioether (sulfide) groups is 1. The Morgan fingerprint density at radius 1 is 1.25 bits per heavy atom. The number of aryl methyl sites for hydroxylation is 1. The van der Waals surface area contributed by atoms with Crippen LogP contribution >= 0.6 is 34.7 Å². The third kappa shape index (κ3) is 6.30. The first-order valence-corrected chi connectivity index (χ1v) is 12.3. The van der Waals surface area contributed by atoms with Gasteiger partial charge in [0.15, 0.2) is 16.1 Å². The molecule has 1 atom stereocenters. The molecule has 170 valence electrons. The van der Waals surface area contributed by atoms with Crippen molar-refractivity contribution in [3.05, 3.63) is 51.7 Å². The number of benzene rings is 1. The van der Waals surface area contributed by atoms with Crippen LogP contribution in [0.2, 0.25) is 5.02 Å². The molecule has 0 spiro atoms. The Morgan fingerprint density at radius 3 is 2.66 bits per heavy atom. The maximum Gasteiger partial charge on any atom is 0.253 e. The van der Waals surface area contributed by atoms with E-state index in [0.717, 1.165) is 5.69 Å². The van der Waals surface area contributed by atoms with Crippen molar-refractivity contribution in [1.82, 2.24) is 25.1 Å². The summed E-state index contributed by atoms with van der Waals surface area (Å²) in [5.74, 6) is 0.673. The highest BCUT2D eigenvalue weighted by Gasteiger charge is 2.24. The Bertz CT molecular complexity index is 1100. The van der Waals surface area contributed by atoms with E-state index in [2.05, 4.69) is 39.7 Å². The molecule has 3 rings (SSSR count). The van der Waals surface area contributed by atoms with Crippen LogP contribution in [0.3, 0.4) is 0 Å². The lowest BCUT2D eigenvalue weighted by atomic mass is 10.0. The van der Waals surface area contributed by atoms with E-state index in [1.165, 1.54) is 23.1 Å². The standard InChI is InChI=1S/C21H25ClN6O2S2/c1-12(2)9-16(24-19(30)14-7-5-6-8-15(14)22)18-26-27-21(28(18)4)32-11-17(29)25-20-23-13(3)10-31-20/h5-8,10,12,16H,9,11H2,1-4H3,(H,24,30)(H,23,25,29)/t16-/m0/s1. The average Bonchev–Trinajstić information content (AvgIpc) is 3.30. The molecule has 0 aliphatic heterocycles. The Kier molecular flexibility index (Phi) is 8.27. The van der Waals surface area contributed by atoms with E-state index in [9.17, 15) is 9.59 Å². The number of hydrogen-bond donors (Lipinski definition) is 2. The highest BCUT2D eigenvalue weighted by Crippen LogP contribution is 2.25. The van der Waals surface area contributed by atoms with Crippen LogP contribution in [0.4, 0.5) is 5.13 Å². The minimum absolute atomic E-state index is 0.167. The fourth-order valence-electron chi connectivity index (χ4n) is 3.03. The van der Waals surface area contributed by atoms with Crippen LogP contribution < -0.4 is 10.6 Å². The quantitative estimate of drug-likeness (QED) is 0.427. The van der Waals surface area contributed by atoms with Crippen molar-refractivity contribution in [3.8, 4) is 0 Å². The predicted molar refractivity (Wildman–Crippen MR) is 128 cm³/mol. The van der Waals surface area contributed by atoms with Crippen molar-refractivity contribution in [2.24, 2.45) is 13.0 Å². The number of carbonyl (C=O) groups is 2. The lowest BCUT2D eigenvalue weighted by Gasteiger charge is -2.20. The first-order valence-electron chi connectivity index (χ1n) is 10.0. The molecule has 2 heterocycles. The van der Waals surface area contributed by atoms with E-state index >= 15 is 0 Å². The van der Waals surface area contributed by atoms with E-state index in [4.69, 9.17) is 11.6 Å². The minimum Gasteiger partial charge on any atom is -0.342 e. The van der Waals surface area contributed by atoms with Gasteiger partial charge in [0.05, 0.1) is 28.1 Å². The predicted octanol–water partition coefficient (Wildman–Crippen LogP) is 4.48. The third-order valence-corrected chi connectivity index (χ3v) is 6.73. The van der Waals surface area contributed by atoms with Crippen LogP contribution in [0.1, 0.15) is 48.2 Å². The van der Waals surface area contributed by atoms with Gasteiger partial charge in [0, 0.05) is 12.4 Å². The number of carbonyl (C=O) groups excluding carboxylic acids is 2. The van der Waals surface area contributed by atoms with E-state index in [1.807, 2.05) is 23.9 Å². The molecule has 8 nitrogen and oxygen atoms in total. The smallest absolute Gasteiger partial charge is 0.253 e. The molecule has 0 aliphatic rings. The van der Waals surface area contributed by atoms with Gasteiger partial charge < -0.3 is 15.2 Å². The van der Waals surface area contributed by atoms with Gasteiger partial charge in [-0.3, -0.25) is 9.59 Å². The molecule has 0 fully saturated rings. The van der Waals surface area contributed by atoms with Gasteiger partial charge >= 0.3 is 0 Å². The maximum absolute atomic E-state index is 12.8. The van der Waals surface area contributed by atoms with Crippen molar-refractivity contribution in [1.29, 1.82) is 0 Å². The second-order valence-corrected chi connectivity index (χ2v) is 9.87. The van der Waals surface area contributed by atoms with E-state index in [-0.39, 0.29) is 23.6 Å². The number of thiazole rings is 1. The Labute approximate surface area is 200 Å². The highest BCUT2D eigenvalue weighted by molar-refractivity contribution is 7.99. The average molecular weight is 493 g/mol. The number of aromatic nitrogens is 4. The van der Waals surface area contributed by atoms with E-state index in [1.54, 1.807) is 24.3 Å². The molecule has 32 heavy (non-hydrogen) atoms. The van der Waals surface area contributed by atoms with Gasteiger partial charge in [-0.05, 0) is 31.4 Å². The zero-order chi connectivity index (χ0) is 23.3. The number of anilines is 1. The zero-order valence-corrected chi connectivity index (χ0v) is 20.6. The summed E-state index contributed by atoms with van der Waals surface area (Å²) in [5.41, 5.74) is 1.28. The molecule has 0 aliphatic carbocycles. The second-order valence-electron chi connectivity index (χ2n) is 7.67. The molecule has 0 saturated carbocycles. The lowest BCUT2D eigenvalue weighted by molar-refractivity contribution is -0.113. The molecular formula is C21H25ClN6O2S2. The summed E-state index contributed by atoms with van der Waals surface area (Å²) < 4.78 is 1.81. The van der Waals surface area contributed by atoms with Crippen LogP contribution in [0, 0.1) is 12.8 Å². The molecular weight excluding hydrogens is 468 g/mol. The Balaban J connectivity index is 1.69. The van der Waals surface area contributed by atoms with Gasteiger partial charge in [-0.1, -0.05) is 49.3 Å². The first-order chi connectivity index (χ1) is 15.2. The van der Waals surface area contributed by atoms with Crippen LogP contribution in [0.5, 0.6) is 0 Å². The van der Waals surface area contributed by atoms with Crippen LogP contribution in [-0.2, 0) is 11.8 Å². The number of hydrogen-bond acceptors (Lipinski definition) is 7. The highest BCUT2D eigenvalue weighted by atomic mass is 35.5. The van der Waals surface area contributed by atoms with Crippen LogP contribution in [-0.4, -0.2) is 37.3 Å². The number of halogens is 1. The van der Waals surface area contributed by atoms with Crippen molar-refractivity contribution in [3.63, 3.8) is 0 Å². The van der Waals surface area contributed by atoms with Gasteiger partial charge in [0.25, 0.3) is 5.91 Å². The third-order valence-electron chi connectivity index (χ3n) is 4.51. The van der Waals surface area contributed by atoms with Crippen LogP contribution in [0.15, 0.2) is 34.8 Å². The zero-order valence-electron chi connectivity index (χ0n) is 18.3. The number of amides is 2. The molecule has 11 heteroatoms. The topological polar surface area (TPSA) is 102 Å². The summed E-state index contributed by atoms with van der Waals surface area (Å²) in [5, 5.41) is 17.8. The summed E-state index contributed by atoms with van der Waals surface area (Å²) in [6.45, 7) is 6.02.